The molecule has 0 aliphatic carbocycles. The van der Waals surface area contributed by atoms with Crippen LogP contribution in [0.1, 0.15) is 24.2 Å². The average molecular weight is 461 g/mol. The monoisotopic (exact) mass is 460 g/mol. The molecule has 0 spiro atoms. The van der Waals surface area contributed by atoms with Gasteiger partial charge in [0.05, 0.1) is 21.2 Å². The summed E-state index contributed by atoms with van der Waals surface area (Å²) in [5.41, 5.74) is 3.11. The van der Waals surface area contributed by atoms with Crippen LogP contribution in [0, 0.1) is 13.8 Å². The highest BCUT2D eigenvalue weighted by atomic mass is 32.2. The number of sulfonamides is 2. The number of nitrogens with one attached hydrogen (secondary N) is 1. The van der Waals surface area contributed by atoms with Crippen LogP contribution in [0.15, 0.2) is 64.4 Å². The minimum absolute atomic E-state index is 0.00417. The van der Waals surface area contributed by atoms with Gasteiger partial charge >= 0.3 is 0 Å². The van der Waals surface area contributed by atoms with E-state index in [0.29, 0.717) is 18.8 Å². The van der Waals surface area contributed by atoms with Crippen LogP contribution in [0.3, 0.4) is 0 Å². The lowest BCUT2D eigenvalue weighted by molar-refractivity contribution is 0.477. The van der Waals surface area contributed by atoms with Gasteiger partial charge in [0, 0.05) is 24.5 Å². The van der Waals surface area contributed by atoms with Gasteiger partial charge in [-0.25, -0.2) is 21.5 Å². The van der Waals surface area contributed by atoms with Crippen molar-refractivity contribution >= 4 is 25.7 Å². The Kier molecular flexibility index (Phi) is 5.63. The molecular weight excluding hydrogens is 436 g/mol. The Bertz CT molecular complexity index is 1290. The van der Waals surface area contributed by atoms with Crippen LogP contribution in [-0.4, -0.2) is 44.0 Å². The number of rotatable bonds is 6. The van der Waals surface area contributed by atoms with E-state index in [-0.39, 0.29) is 9.79 Å². The molecule has 8 nitrogen and oxygen atoms in total. The van der Waals surface area contributed by atoms with Gasteiger partial charge in [-0.15, -0.1) is 0 Å². The molecule has 0 unspecified atom stereocenters. The maximum atomic E-state index is 12.7. The highest BCUT2D eigenvalue weighted by Gasteiger charge is 2.27. The molecule has 0 atom stereocenters. The first-order chi connectivity index (χ1) is 14.7. The second-order valence-electron chi connectivity index (χ2n) is 7.57. The van der Waals surface area contributed by atoms with Crippen molar-refractivity contribution in [2.24, 2.45) is 0 Å². The van der Waals surface area contributed by atoms with Gasteiger partial charge in [0.15, 0.2) is 0 Å². The zero-order chi connectivity index (χ0) is 22.2. The normalized spacial score (nSPS) is 15.3. The Morgan fingerprint density at radius 2 is 1.42 bits per heavy atom. The molecule has 4 rings (SSSR count). The van der Waals surface area contributed by atoms with Gasteiger partial charge in [-0.1, -0.05) is 0 Å². The van der Waals surface area contributed by atoms with Crippen LogP contribution in [-0.2, 0) is 20.0 Å². The van der Waals surface area contributed by atoms with E-state index in [1.165, 1.54) is 28.6 Å². The summed E-state index contributed by atoms with van der Waals surface area (Å²) in [7, 11) is -7.44. The van der Waals surface area contributed by atoms with Gasteiger partial charge in [-0.3, -0.25) is 4.72 Å². The Balaban J connectivity index is 1.52. The van der Waals surface area contributed by atoms with Crippen LogP contribution >= 0.6 is 0 Å². The predicted octanol–water partition coefficient (Wildman–Crippen LogP) is 3.07. The number of anilines is 1. The highest BCUT2D eigenvalue weighted by Crippen LogP contribution is 2.24. The standard InChI is InChI=1S/C21H24N4O4S2/c1-16-15-17(2)25(22-16)19-7-5-18(6-8-19)23-30(26,27)20-9-11-21(12-10-20)31(28,29)24-13-3-4-14-24/h5-12,15,23H,3-4,13-14H2,1-2H3. The summed E-state index contributed by atoms with van der Waals surface area (Å²) < 4.78 is 56.5. The third-order valence-corrected chi connectivity index (χ3v) is 8.52. The zero-order valence-electron chi connectivity index (χ0n) is 17.3. The minimum Gasteiger partial charge on any atom is -0.280 e. The van der Waals surface area contributed by atoms with Crippen LogP contribution in [0.2, 0.25) is 0 Å². The first-order valence-electron chi connectivity index (χ1n) is 9.93. The van der Waals surface area contributed by atoms with Crippen molar-refractivity contribution in [2.45, 2.75) is 36.5 Å². The molecule has 0 radical (unpaired) electrons. The first kappa shape index (κ1) is 21.5. The van der Waals surface area contributed by atoms with Crippen molar-refractivity contribution in [1.29, 1.82) is 0 Å². The molecule has 31 heavy (non-hydrogen) atoms. The quantitative estimate of drug-likeness (QED) is 0.609. The molecule has 2 heterocycles. The summed E-state index contributed by atoms with van der Waals surface area (Å²) in [6.45, 7) is 4.85. The molecule has 10 heteroatoms. The summed E-state index contributed by atoms with van der Waals surface area (Å²) in [5, 5.41) is 4.41. The molecule has 164 valence electrons. The van der Waals surface area contributed by atoms with Gasteiger partial charge in [-0.05, 0) is 81.3 Å². The number of aromatic nitrogens is 2. The van der Waals surface area contributed by atoms with Crippen molar-refractivity contribution in [3.05, 3.63) is 66.0 Å². The van der Waals surface area contributed by atoms with Crippen molar-refractivity contribution < 1.29 is 16.8 Å². The largest absolute Gasteiger partial charge is 0.280 e. The molecule has 0 amide bonds. The summed E-state index contributed by atoms with van der Waals surface area (Å²) in [6.07, 6.45) is 1.68. The topological polar surface area (TPSA) is 101 Å². The van der Waals surface area contributed by atoms with Crippen molar-refractivity contribution in [3.8, 4) is 5.69 Å². The number of benzene rings is 2. The molecule has 1 aliphatic rings. The fourth-order valence-electron chi connectivity index (χ4n) is 3.64. The third kappa shape index (κ3) is 4.36. The maximum absolute atomic E-state index is 12.7. The summed E-state index contributed by atoms with van der Waals surface area (Å²) in [5.74, 6) is 0. The lowest BCUT2D eigenvalue weighted by Gasteiger charge is -2.16. The van der Waals surface area contributed by atoms with E-state index in [1.54, 1.807) is 28.9 Å². The fourth-order valence-corrected chi connectivity index (χ4v) is 6.22. The molecule has 1 saturated heterocycles. The first-order valence-corrected chi connectivity index (χ1v) is 12.9. The lowest BCUT2D eigenvalue weighted by atomic mass is 10.3. The van der Waals surface area contributed by atoms with E-state index >= 15 is 0 Å². The predicted molar refractivity (Wildman–Crippen MR) is 118 cm³/mol. The van der Waals surface area contributed by atoms with E-state index in [4.69, 9.17) is 0 Å². The number of nitrogens with zero attached hydrogens (tertiary/aromatic N) is 3. The number of aryl methyl sites for hydroxylation is 2. The molecular formula is C21H24N4O4S2. The summed E-state index contributed by atoms with van der Waals surface area (Å²) >= 11 is 0. The second-order valence-corrected chi connectivity index (χ2v) is 11.2. The highest BCUT2D eigenvalue weighted by molar-refractivity contribution is 7.92. The average Bonchev–Trinajstić information content (AvgIpc) is 3.39. The van der Waals surface area contributed by atoms with Crippen LogP contribution < -0.4 is 4.72 Å². The van der Waals surface area contributed by atoms with Crippen LogP contribution in [0.25, 0.3) is 5.69 Å². The smallest absolute Gasteiger partial charge is 0.261 e. The van der Waals surface area contributed by atoms with Gasteiger partial charge in [0.25, 0.3) is 10.0 Å². The third-order valence-electron chi connectivity index (χ3n) is 5.21. The molecule has 3 aromatic rings. The molecule has 1 N–H and O–H groups in total. The summed E-state index contributed by atoms with van der Waals surface area (Å²) in [4.78, 5) is 0.0954. The lowest BCUT2D eigenvalue weighted by Crippen LogP contribution is -2.27. The van der Waals surface area contributed by atoms with Gasteiger partial charge < -0.3 is 0 Å². The Hall–Kier alpha value is -2.69. The second kappa shape index (κ2) is 8.10. The zero-order valence-corrected chi connectivity index (χ0v) is 18.9. The van der Waals surface area contributed by atoms with Crippen molar-refractivity contribution in [3.63, 3.8) is 0 Å². The molecule has 1 aromatic heterocycles. The van der Waals surface area contributed by atoms with E-state index in [9.17, 15) is 16.8 Å². The van der Waals surface area contributed by atoms with Crippen molar-refractivity contribution in [2.75, 3.05) is 17.8 Å². The molecule has 1 aliphatic heterocycles. The van der Waals surface area contributed by atoms with E-state index in [2.05, 4.69) is 9.82 Å². The van der Waals surface area contributed by atoms with Gasteiger partial charge in [0.2, 0.25) is 10.0 Å². The maximum Gasteiger partial charge on any atom is 0.261 e. The fraction of sp³-hybridized carbons (Fsp3) is 0.286. The number of hydrogen-bond acceptors (Lipinski definition) is 5. The Morgan fingerprint density at radius 3 is 1.97 bits per heavy atom. The summed E-state index contributed by atoms with van der Waals surface area (Å²) in [6, 6.07) is 14.2. The SMILES string of the molecule is Cc1cc(C)n(-c2ccc(NS(=O)(=O)c3ccc(S(=O)(=O)N4CCCC4)cc3)cc2)n1. The minimum atomic E-state index is -3.86. The molecule has 1 fully saturated rings. The van der Waals surface area contributed by atoms with Gasteiger partial charge in [0.1, 0.15) is 0 Å². The Morgan fingerprint density at radius 1 is 0.839 bits per heavy atom. The van der Waals surface area contributed by atoms with Crippen LogP contribution in [0.5, 0.6) is 0 Å². The number of hydrogen-bond donors (Lipinski definition) is 1. The van der Waals surface area contributed by atoms with E-state index in [0.717, 1.165) is 29.9 Å². The van der Waals surface area contributed by atoms with Crippen molar-refractivity contribution in [1.82, 2.24) is 14.1 Å². The molecule has 2 aromatic carbocycles. The van der Waals surface area contributed by atoms with E-state index in [1.807, 2.05) is 19.9 Å². The Labute approximate surface area is 182 Å². The molecule has 0 bridgehead atoms. The van der Waals surface area contributed by atoms with E-state index < -0.39 is 20.0 Å². The van der Waals surface area contributed by atoms with Crippen LogP contribution in [0.4, 0.5) is 5.69 Å². The molecule has 0 saturated carbocycles. The van der Waals surface area contributed by atoms with Gasteiger partial charge in [-0.2, -0.15) is 9.40 Å².